The standard InChI is InChI=1S/C16H28NO6PS/c1-2-3-4-5-6-10-13-25(21,22)17-16(14-23-24(18,19)20)15-11-8-7-9-12-15/h7-9,11-12,16-17H,2-6,10,13-14H2,1H3,(H2,18,19,20)/t16-/m0/s1. The first-order valence-corrected chi connectivity index (χ1v) is 11.7. The molecular weight excluding hydrogens is 365 g/mol. The molecular formula is C16H28NO6PS. The van der Waals surface area contributed by atoms with Gasteiger partial charge in [-0.3, -0.25) is 4.52 Å². The van der Waals surface area contributed by atoms with Gasteiger partial charge in [-0.1, -0.05) is 69.4 Å². The SMILES string of the molecule is CCCCCCCCS(=O)(=O)N[C@@H](COP(=O)(O)O)c1ccccc1. The van der Waals surface area contributed by atoms with Gasteiger partial charge in [0.15, 0.2) is 0 Å². The summed E-state index contributed by atoms with van der Waals surface area (Å²) in [5.41, 5.74) is 0.586. The Kier molecular flexibility index (Phi) is 9.86. The highest BCUT2D eigenvalue weighted by Crippen LogP contribution is 2.37. The Balaban J connectivity index is 2.61. The predicted molar refractivity (Wildman–Crippen MR) is 97.5 cm³/mol. The summed E-state index contributed by atoms with van der Waals surface area (Å²) in [6.07, 6.45) is 5.80. The van der Waals surface area contributed by atoms with Gasteiger partial charge in [0.1, 0.15) is 0 Å². The van der Waals surface area contributed by atoms with Crippen LogP contribution < -0.4 is 4.72 Å². The third-order valence-electron chi connectivity index (χ3n) is 3.70. The number of nitrogens with one attached hydrogen (secondary N) is 1. The van der Waals surface area contributed by atoms with E-state index in [2.05, 4.69) is 16.2 Å². The number of phosphoric acid groups is 1. The Morgan fingerprint density at radius 2 is 1.68 bits per heavy atom. The quantitative estimate of drug-likeness (QED) is 0.351. The van der Waals surface area contributed by atoms with Crippen LogP contribution in [0.3, 0.4) is 0 Å². The summed E-state index contributed by atoms with van der Waals surface area (Å²) in [5, 5.41) is 0. The number of rotatable bonds is 13. The second kappa shape index (κ2) is 11.1. The highest BCUT2D eigenvalue weighted by Gasteiger charge is 2.23. The van der Waals surface area contributed by atoms with E-state index in [0.717, 1.165) is 32.1 Å². The molecule has 3 N–H and O–H groups in total. The molecule has 144 valence electrons. The molecule has 9 heteroatoms. The predicted octanol–water partition coefficient (Wildman–Crippen LogP) is 3.12. The zero-order chi connectivity index (χ0) is 18.8. The summed E-state index contributed by atoms with van der Waals surface area (Å²) in [6, 6.07) is 7.74. The van der Waals surface area contributed by atoms with Gasteiger partial charge in [0.25, 0.3) is 0 Å². The van der Waals surface area contributed by atoms with Gasteiger partial charge in [-0.05, 0) is 12.0 Å². The van der Waals surface area contributed by atoms with Crippen LogP contribution in [0.5, 0.6) is 0 Å². The minimum absolute atomic E-state index is 0.0155. The summed E-state index contributed by atoms with van der Waals surface area (Å²) >= 11 is 0. The lowest BCUT2D eigenvalue weighted by molar-refractivity contribution is 0.183. The minimum Gasteiger partial charge on any atom is -0.303 e. The molecule has 0 saturated heterocycles. The molecule has 0 radical (unpaired) electrons. The molecule has 0 aliphatic carbocycles. The largest absolute Gasteiger partial charge is 0.469 e. The number of hydrogen-bond acceptors (Lipinski definition) is 4. The fourth-order valence-corrected chi connectivity index (χ4v) is 4.09. The topological polar surface area (TPSA) is 113 Å². The molecule has 0 heterocycles. The first-order valence-electron chi connectivity index (χ1n) is 8.48. The van der Waals surface area contributed by atoms with Gasteiger partial charge in [0.05, 0.1) is 18.4 Å². The van der Waals surface area contributed by atoms with Gasteiger partial charge in [0.2, 0.25) is 10.0 Å². The number of hydrogen-bond donors (Lipinski definition) is 3. The molecule has 7 nitrogen and oxygen atoms in total. The summed E-state index contributed by atoms with van der Waals surface area (Å²) in [6.45, 7) is 1.68. The molecule has 1 atom stereocenters. The molecule has 0 bridgehead atoms. The molecule has 25 heavy (non-hydrogen) atoms. The lowest BCUT2D eigenvalue weighted by atomic mass is 10.1. The molecule has 0 fully saturated rings. The van der Waals surface area contributed by atoms with Crippen LogP contribution >= 0.6 is 7.82 Å². The molecule has 0 saturated carbocycles. The van der Waals surface area contributed by atoms with Gasteiger partial charge >= 0.3 is 7.82 Å². The summed E-state index contributed by atoms with van der Waals surface area (Å²) < 4.78 is 42.4. The van der Waals surface area contributed by atoms with E-state index < -0.39 is 30.5 Å². The highest BCUT2D eigenvalue weighted by atomic mass is 32.2. The van der Waals surface area contributed by atoms with Crippen molar-refractivity contribution in [3.05, 3.63) is 35.9 Å². The number of sulfonamides is 1. The zero-order valence-corrected chi connectivity index (χ0v) is 16.2. The van der Waals surface area contributed by atoms with Crippen LogP contribution in [-0.2, 0) is 19.1 Å². The van der Waals surface area contributed by atoms with E-state index in [1.54, 1.807) is 30.3 Å². The van der Waals surface area contributed by atoms with Crippen LogP contribution in [0, 0.1) is 0 Å². The summed E-state index contributed by atoms with van der Waals surface area (Å²) in [4.78, 5) is 17.7. The van der Waals surface area contributed by atoms with E-state index in [1.165, 1.54) is 0 Å². The highest BCUT2D eigenvalue weighted by molar-refractivity contribution is 7.89. The average Bonchev–Trinajstić information content (AvgIpc) is 2.54. The van der Waals surface area contributed by atoms with Crippen molar-refractivity contribution in [2.75, 3.05) is 12.4 Å². The molecule has 1 aromatic rings. The Morgan fingerprint density at radius 1 is 1.08 bits per heavy atom. The zero-order valence-electron chi connectivity index (χ0n) is 14.5. The smallest absolute Gasteiger partial charge is 0.303 e. The Bertz CT molecular complexity index is 631. The van der Waals surface area contributed by atoms with E-state index in [-0.39, 0.29) is 5.75 Å². The van der Waals surface area contributed by atoms with Gasteiger partial charge < -0.3 is 9.79 Å². The van der Waals surface area contributed by atoms with E-state index in [1.807, 2.05) is 0 Å². The van der Waals surface area contributed by atoms with Gasteiger partial charge in [-0.15, -0.1) is 0 Å². The van der Waals surface area contributed by atoms with E-state index in [9.17, 15) is 13.0 Å². The van der Waals surface area contributed by atoms with Gasteiger partial charge in [0, 0.05) is 0 Å². The summed E-state index contributed by atoms with van der Waals surface area (Å²) in [5.74, 6) is -0.0155. The molecule has 0 unspecified atom stereocenters. The van der Waals surface area contributed by atoms with E-state index >= 15 is 0 Å². The molecule has 0 amide bonds. The van der Waals surface area contributed by atoms with Crippen molar-refractivity contribution in [3.63, 3.8) is 0 Å². The first-order chi connectivity index (χ1) is 11.7. The van der Waals surface area contributed by atoms with Crippen LogP contribution in [0.4, 0.5) is 0 Å². The minimum atomic E-state index is -4.68. The number of phosphoric ester groups is 1. The van der Waals surface area contributed by atoms with Gasteiger partial charge in [-0.2, -0.15) is 0 Å². The molecule has 1 aromatic carbocycles. The summed E-state index contributed by atoms with van der Waals surface area (Å²) in [7, 11) is -8.25. The van der Waals surface area contributed by atoms with Crippen LogP contribution in [-0.4, -0.2) is 30.6 Å². The molecule has 0 aromatic heterocycles. The van der Waals surface area contributed by atoms with Crippen molar-refractivity contribution in [3.8, 4) is 0 Å². The lowest BCUT2D eigenvalue weighted by Crippen LogP contribution is -2.33. The van der Waals surface area contributed by atoms with Crippen LogP contribution in [0.2, 0.25) is 0 Å². The first kappa shape index (κ1) is 22.3. The Morgan fingerprint density at radius 3 is 2.28 bits per heavy atom. The average molecular weight is 393 g/mol. The second-order valence-electron chi connectivity index (χ2n) is 5.95. The van der Waals surface area contributed by atoms with Crippen molar-refractivity contribution in [2.45, 2.75) is 51.5 Å². The normalized spacial score (nSPS) is 13.7. The maximum Gasteiger partial charge on any atom is 0.469 e. The Hall–Kier alpha value is -0.760. The van der Waals surface area contributed by atoms with Crippen molar-refractivity contribution < 1.29 is 27.3 Å². The van der Waals surface area contributed by atoms with Crippen LogP contribution in [0.1, 0.15) is 57.1 Å². The fraction of sp³-hybridized carbons (Fsp3) is 0.625. The monoisotopic (exact) mass is 393 g/mol. The van der Waals surface area contributed by atoms with Crippen molar-refractivity contribution in [1.29, 1.82) is 0 Å². The number of unbranched alkanes of at least 4 members (excludes halogenated alkanes) is 5. The molecule has 0 aliphatic rings. The fourth-order valence-electron chi connectivity index (χ4n) is 2.40. The van der Waals surface area contributed by atoms with Crippen LogP contribution in [0.15, 0.2) is 30.3 Å². The molecule has 1 rings (SSSR count). The van der Waals surface area contributed by atoms with E-state index in [4.69, 9.17) is 9.79 Å². The molecule has 0 aliphatic heterocycles. The van der Waals surface area contributed by atoms with Gasteiger partial charge in [-0.25, -0.2) is 17.7 Å². The third kappa shape index (κ3) is 10.7. The van der Waals surface area contributed by atoms with Crippen molar-refractivity contribution in [1.82, 2.24) is 4.72 Å². The Labute approximate surface area is 150 Å². The number of benzene rings is 1. The van der Waals surface area contributed by atoms with Crippen molar-refractivity contribution >= 4 is 17.8 Å². The van der Waals surface area contributed by atoms with Crippen molar-refractivity contribution in [2.24, 2.45) is 0 Å². The lowest BCUT2D eigenvalue weighted by Gasteiger charge is -2.19. The van der Waals surface area contributed by atoms with E-state index in [0.29, 0.717) is 12.0 Å². The maximum absolute atomic E-state index is 12.3. The second-order valence-corrected chi connectivity index (χ2v) is 9.07. The maximum atomic E-state index is 12.3. The third-order valence-corrected chi connectivity index (χ3v) is 5.65. The van der Waals surface area contributed by atoms with Crippen LogP contribution in [0.25, 0.3) is 0 Å². The molecule has 0 spiro atoms.